The number of rotatable bonds is 1. The molecular weight excluding hydrogens is 308 g/mol. The molecule has 1 atom stereocenters. The van der Waals surface area contributed by atoms with E-state index in [1.807, 2.05) is 6.07 Å². The van der Waals surface area contributed by atoms with Crippen molar-refractivity contribution in [3.63, 3.8) is 0 Å². The van der Waals surface area contributed by atoms with E-state index in [0.29, 0.717) is 0 Å². The van der Waals surface area contributed by atoms with E-state index in [1.54, 1.807) is 0 Å². The lowest BCUT2D eigenvalue weighted by atomic mass is 9.99. The molecule has 1 saturated heterocycles. The van der Waals surface area contributed by atoms with Gasteiger partial charge >= 0.3 is 11.7 Å². The number of hydrogen-bond donors (Lipinski definition) is 1. The maximum Gasteiger partial charge on any atom is 0.313 e. The summed E-state index contributed by atoms with van der Waals surface area (Å²) in [4.78, 5) is 7.50. The molecule has 4 heteroatoms. The summed E-state index contributed by atoms with van der Waals surface area (Å²) in [5, 5.41) is 3.59. The molecule has 3 aliphatic heterocycles. The topological polar surface area (TPSA) is 27.6 Å². The van der Waals surface area contributed by atoms with Gasteiger partial charge in [0.15, 0.2) is 0 Å². The molecule has 0 bridgehead atoms. The minimum Gasteiger partial charge on any atom is -0.299 e. The summed E-state index contributed by atoms with van der Waals surface area (Å²) in [6.07, 6.45) is 7.05. The van der Waals surface area contributed by atoms with Crippen molar-refractivity contribution in [2.24, 2.45) is 4.99 Å². The van der Waals surface area contributed by atoms with Crippen LogP contribution in [0.2, 0.25) is 0 Å². The summed E-state index contributed by atoms with van der Waals surface area (Å²) >= 11 is 0. The summed E-state index contributed by atoms with van der Waals surface area (Å²) in [5.74, 6) is 0.793. The Morgan fingerprint density at radius 3 is 2.52 bits per heavy atom. The first kappa shape index (κ1) is 14.7. The van der Waals surface area contributed by atoms with Gasteiger partial charge < -0.3 is 0 Å². The Bertz CT molecular complexity index is 864. The number of benzene rings is 2. The zero-order valence-corrected chi connectivity index (χ0v) is 14.5. The van der Waals surface area contributed by atoms with Gasteiger partial charge in [0.05, 0.1) is 18.8 Å². The number of anilines is 2. The van der Waals surface area contributed by atoms with Gasteiger partial charge in [-0.05, 0) is 29.8 Å². The molecule has 0 aliphatic carbocycles. The van der Waals surface area contributed by atoms with E-state index in [2.05, 4.69) is 77.9 Å². The van der Waals surface area contributed by atoms with Gasteiger partial charge in [0, 0.05) is 31.7 Å². The largest absolute Gasteiger partial charge is 0.313 e. The van der Waals surface area contributed by atoms with Crippen molar-refractivity contribution in [3.8, 4) is 0 Å². The lowest BCUT2D eigenvalue weighted by Gasteiger charge is -2.57. The molecule has 1 unspecified atom stereocenters. The first-order valence-electron chi connectivity index (χ1n) is 9.07. The smallest absolute Gasteiger partial charge is 0.299 e. The second-order valence-electron chi connectivity index (χ2n) is 7.19. The van der Waals surface area contributed by atoms with Crippen LogP contribution in [0.3, 0.4) is 0 Å². The maximum absolute atomic E-state index is 5.14. The number of quaternary nitrogens is 1. The van der Waals surface area contributed by atoms with Crippen molar-refractivity contribution in [2.45, 2.75) is 18.6 Å². The molecule has 25 heavy (non-hydrogen) atoms. The van der Waals surface area contributed by atoms with E-state index in [4.69, 9.17) is 4.99 Å². The normalized spacial score (nSPS) is 25.6. The predicted molar refractivity (Wildman–Crippen MR) is 103 cm³/mol. The zero-order valence-electron chi connectivity index (χ0n) is 14.5. The van der Waals surface area contributed by atoms with E-state index >= 15 is 0 Å². The van der Waals surface area contributed by atoms with Gasteiger partial charge in [-0.3, -0.25) is 10.2 Å². The molecule has 3 heterocycles. The molecule has 1 N–H and O–H groups in total. The van der Waals surface area contributed by atoms with Gasteiger partial charge in [-0.2, -0.15) is 0 Å². The fraction of sp³-hybridized carbons (Fsp3) is 0.286. The minimum atomic E-state index is -0.304. The average molecular weight is 331 g/mol. The highest BCUT2D eigenvalue weighted by atomic mass is 15.7. The van der Waals surface area contributed by atoms with Crippen molar-refractivity contribution in [1.29, 1.82) is 0 Å². The average Bonchev–Trinajstić information content (AvgIpc) is 3.18. The third-order valence-corrected chi connectivity index (χ3v) is 5.94. The monoisotopic (exact) mass is 331 g/mol. The van der Waals surface area contributed by atoms with Gasteiger partial charge in [-0.1, -0.05) is 36.4 Å². The van der Waals surface area contributed by atoms with Crippen LogP contribution in [0.25, 0.3) is 6.08 Å². The number of guanidine groups is 1. The first-order valence-corrected chi connectivity index (χ1v) is 9.07. The summed E-state index contributed by atoms with van der Waals surface area (Å²) in [6.45, 7) is 2.27. The number of para-hydroxylation sites is 2. The number of likely N-dealkylation sites (N-methyl/N-ethyl adjacent to an activating group) is 1. The first-order chi connectivity index (χ1) is 12.3. The van der Waals surface area contributed by atoms with Crippen LogP contribution in [-0.2, 0) is 0 Å². The van der Waals surface area contributed by atoms with E-state index < -0.39 is 0 Å². The van der Waals surface area contributed by atoms with E-state index in [1.165, 1.54) is 24.1 Å². The van der Waals surface area contributed by atoms with Crippen molar-refractivity contribution in [1.82, 2.24) is 0 Å². The van der Waals surface area contributed by atoms with Crippen molar-refractivity contribution >= 4 is 23.4 Å². The Morgan fingerprint density at radius 2 is 1.72 bits per heavy atom. The molecule has 0 aromatic heterocycles. The van der Waals surface area contributed by atoms with Crippen molar-refractivity contribution < 1.29 is 4.48 Å². The lowest BCUT2D eigenvalue weighted by Crippen LogP contribution is -2.79. The number of fused-ring (bicyclic) bond motifs is 2. The highest BCUT2D eigenvalue weighted by Gasteiger charge is 2.66. The van der Waals surface area contributed by atoms with Crippen LogP contribution >= 0.6 is 0 Å². The second kappa shape index (κ2) is 5.20. The third-order valence-electron chi connectivity index (χ3n) is 5.94. The number of aliphatic imine (C=N–C) groups is 1. The molecule has 4 nitrogen and oxygen atoms in total. The minimum absolute atomic E-state index is 0.304. The van der Waals surface area contributed by atoms with Crippen LogP contribution in [0.15, 0.2) is 65.7 Å². The Morgan fingerprint density at radius 1 is 1.00 bits per heavy atom. The molecular formula is C21H23N4+. The maximum atomic E-state index is 5.14. The molecule has 0 saturated carbocycles. The van der Waals surface area contributed by atoms with Crippen LogP contribution in [0.4, 0.5) is 11.4 Å². The molecule has 2 spiro atoms. The van der Waals surface area contributed by atoms with E-state index in [9.17, 15) is 0 Å². The number of nitrogens with one attached hydrogen (secondary N) is 1. The SMILES string of the molecule is CN1c2ccccc2C=CC12N=C(Nc1ccccc1)[N+]21CCCC1. The van der Waals surface area contributed by atoms with Gasteiger partial charge in [-0.15, -0.1) is 4.99 Å². The Balaban J connectivity index is 1.58. The van der Waals surface area contributed by atoms with Crippen LogP contribution in [0, 0.1) is 0 Å². The Hall–Kier alpha value is -2.59. The molecule has 5 rings (SSSR count). The zero-order chi connectivity index (χ0) is 16.9. The van der Waals surface area contributed by atoms with Crippen molar-refractivity contribution in [2.75, 3.05) is 30.4 Å². The van der Waals surface area contributed by atoms with E-state index in [0.717, 1.165) is 29.2 Å². The van der Waals surface area contributed by atoms with Gasteiger partial charge in [0.25, 0.3) is 0 Å². The van der Waals surface area contributed by atoms with Crippen LogP contribution in [-0.4, -0.2) is 36.4 Å². The summed E-state index contributed by atoms with van der Waals surface area (Å²) in [7, 11) is 2.18. The second-order valence-corrected chi connectivity index (χ2v) is 7.19. The molecule has 0 amide bonds. The highest BCUT2D eigenvalue weighted by Crippen LogP contribution is 2.48. The molecule has 3 aliphatic rings. The van der Waals surface area contributed by atoms with Crippen LogP contribution in [0.1, 0.15) is 18.4 Å². The number of hydrogen-bond acceptors (Lipinski definition) is 3. The van der Waals surface area contributed by atoms with Crippen LogP contribution < -0.4 is 10.2 Å². The molecule has 2 aromatic rings. The molecule has 2 aromatic carbocycles. The molecule has 1 fully saturated rings. The Kier molecular flexibility index (Phi) is 3.06. The predicted octanol–water partition coefficient (Wildman–Crippen LogP) is 3.90. The van der Waals surface area contributed by atoms with Gasteiger partial charge in [0.1, 0.15) is 0 Å². The molecule has 126 valence electrons. The summed E-state index contributed by atoms with van der Waals surface area (Å²) < 4.78 is 0.906. The van der Waals surface area contributed by atoms with Crippen LogP contribution in [0.5, 0.6) is 0 Å². The lowest BCUT2D eigenvalue weighted by molar-refractivity contribution is -0.895. The third kappa shape index (κ3) is 1.89. The summed E-state index contributed by atoms with van der Waals surface area (Å²) in [5.41, 5.74) is 3.65. The molecule has 0 radical (unpaired) electrons. The van der Waals surface area contributed by atoms with E-state index in [-0.39, 0.29) is 5.79 Å². The highest BCUT2D eigenvalue weighted by molar-refractivity contribution is 5.93. The van der Waals surface area contributed by atoms with Gasteiger partial charge in [-0.25, -0.2) is 4.48 Å². The van der Waals surface area contributed by atoms with Gasteiger partial charge in [0.2, 0.25) is 0 Å². The van der Waals surface area contributed by atoms with Crippen molar-refractivity contribution in [3.05, 3.63) is 66.2 Å². The summed E-state index contributed by atoms with van der Waals surface area (Å²) in [6, 6.07) is 19.0. The number of nitrogens with zero attached hydrogens (tertiary/aromatic N) is 3. The quantitative estimate of drug-likeness (QED) is 0.803. The fourth-order valence-corrected chi connectivity index (χ4v) is 4.63. The standard InChI is InChI=1S/C21H23N4/c1-24-19-12-6-5-9-17(19)13-14-21(24)23-20(25(21)15-7-8-16-25)22-18-10-3-2-4-11-18/h2-6,9-14H,7-8,15-16H2,1H3,(H,22,23)/q+1. The Labute approximate surface area is 148 Å². The fourth-order valence-electron chi connectivity index (χ4n) is 4.63.